The van der Waals surface area contributed by atoms with Gasteiger partial charge in [0.05, 0.1) is 35.3 Å². The molecule has 0 saturated carbocycles. The number of aromatic nitrogens is 3. The van der Waals surface area contributed by atoms with E-state index in [1.807, 2.05) is 42.5 Å². The van der Waals surface area contributed by atoms with Crippen LogP contribution < -0.4 is 14.8 Å². The van der Waals surface area contributed by atoms with Crippen molar-refractivity contribution in [3.63, 3.8) is 0 Å². The van der Waals surface area contributed by atoms with E-state index in [4.69, 9.17) is 14.6 Å². The molecule has 2 aromatic carbocycles. The molecular weight excluding hydrogens is 430 g/mol. The van der Waals surface area contributed by atoms with Crippen LogP contribution in [0.25, 0.3) is 22.2 Å². The Morgan fingerprint density at radius 3 is 2.79 bits per heavy atom. The van der Waals surface area contributed by atoms with Crippen LogP contribution in [0.15, 0.2) is 54.9 Å². The Labute approximate surface area is 196 Å². The first-order valence-corrected chi connectivity index (χ1v) is 11.1. The molecule has 34 heavy (non-hydrogen) atoms. The Balaban J connectivity index is 1.48. The predicted octanol–water partition coefficient (Wildman–Crippen LogP) is 3.01. The van der Waals surface area contributed by atoms with Crippen molar-refractivity contribution in [3.8, 4) is 28.7 Å². The van der Waals surface area contributed by atoms with Crippen molar-refractivity contribution in [1.29, 1.82) is 5.26 Å². The molecule has 2 N–H and O–H groups in total. The molecule has 0 saturated heterocycles. The second kappa shape index (κ2) is 9.83. The fraction of sp³-hybridized carbons (Fsp3) is 0.231. The first-order valence-electron chi connectivity index (χ1n) is 11.1. The van der Waals surface area contributed by atoms with Crippen LogP contribution in [-0.2, 0) is 13.0 Å². The van der Waals surface area contributed by atoms with Gasteiger partial charge < -0.3 is 19.9 Å². The second-order valence-electron chi connectivity index (χ2n) is 7.87. The lowest BCUT2D eigenvalue weighted by atomic mass is 9.93. The van der Waals surface area contributed by atoms with Gasteiger partial charge in [0.2, 0.25) is 0 Å². The number of pyridine rings is 1. The van der Waals surface area contributed by atoms with E-state index in [2.05, 4.69) is 26.3 Å². The first kappa shape index (κ1) is 21.8. The average Bonchev–Trinajstić information content (AvgIpc) is 2.88. The van der Waals surface area contributed by atoms with Gasteiger partial charge in [0.1, 0.15) is 24.8 Å². The van der Waals surface area contributed by atoms with Crippen molar-refractivity contribution < 1.29 is 14.6 Å². The summed E-state index contributed by atoms with van der Waals surface area (Å²) < 4.78 is 11.3. The van der Waals surface area contributed by atoms with E-state index in [1.54, 1.807) is 12.4 Å². The zero-order valence-electron chi connectivity index (χ0n) is 18.5. The Kier molecular flexibility index (Phi) is 6.29. The number of hydrogen-bond donors (Lipinski definition) is 2. The maximum Gasteiger partial charge on any atom is 0.161 e. The largest absolute Gasteiger partial charge is 0.486 e. The predicted molar refractivity (Wildman–Crippen MR) is 127 cm³/mol. The number of nitrogens with zero attached hydrogens (tertiary/aromatic N) is 4. The molecule has 8 heteroatoms. The molecule has 0 spiro atoms. The van der Waals surface area contributed by atoms with Gasteiger partial charge >= 0.3 is 0 Å². The number of hydrogen-bond acceptors (Lipinski definition) is 8. The number of nitrogens with one attached hydrogen (secondary N) is 1. The summed E-state index contributed by atoms with van der Waals surface area (Å²) in [6.45, 7) is 2.14. The topological polar surface area (TPSA) is 113 Å². The molecule has 170 valence electrons. The van der Waals surface area contributed by atoms with Crippen LogP contribution in [-0.4, -0.2) is 46.4 Å². The summed E-state index contributed by atoms with van der Waals surface area (Å²) in [5, 5.41) is 22.1. The normalized spacial score (nSPS) is 12.5. The minimum atomic E-state index is 0.0711. The minimum Gasteiger partial charge on any atom is -0.486 e. The van der Waals surface area contributed by atoms with Gasteiger partial charge in [-0.1, -0.05) is 24.3 Å². The molecule has 2 aromatic heterocycles. The van der Waals surface area contributed by atoms with Crippen LogP contribution in [0.2, 0.25) is 0 Å². The lowest BCUT2D eigenvalue weighted by Crippen LogP contribution is -2.18. The summed E-state index contributed by atoms with van der Waals surface area (Å²) in [5.41, 5.74) is 6.19. The maximum absolute atomic E-state index is 10.1. The van der Waals surface area contributed by atoms with Crippen molar-refractivity contribution in [1.82, 2.24) is 20.3 Å². The van der Waals surface area contributed by atoms with Crippen molar-refractivity contribution in [2.75, 3.05) is 26.4 Å². The molecular formula is C26H23N5O3. The monoisotopic (exact) mass is 453 g/mol. The molecule has 5 rings (SSSR count). The summed E-state index contributed by atoms with van der Waals surface area (Å²) in [7, 11) is 0. The summed E-state index contributed by atoms with van der Waals surface area (Å²) in [5.74, 6) is 1.41. The van der Waals surface area contributed by atoms with Gasteiger partial charge in [-0.25, -0.2) is 4.98 Å². The average molecular weight is 454 g/mol. The number of fused-ring (bicyclic) bond motifs is 2. The van der Waals surface area contributed by atoms with E-state index in [-0.39, 0.29) is 6.61 Å². The van der Waals surface area contributed by atoms with E-state index in [0.29, 0.717) is 55.3 Å². The summed E-state index contributed by atoms with van der Waals surface area (Å²) in [6.07, 6.45) is 3.89. The van der Waals surface area contributed by atoms with E-state index < -0.39 is 0 Å². The number of rotatable bonds is 7. The van der Waals surface area contributed by atoms with Gasteiger partial charge in [0.25, 0.3) is 0 Å². The molecule has 0 radical (unpaired) electrons. The zero-order chi connectivity index (χ0) is 23.3. The van der Waals surface area contributed by atoms with Crippen LogP contribution in [0.1, 0.15) is 22.5 Å². The van der Waals surface area contributed by atoms with Crippen LogP contribution in [0, 0.1) is 11.3 Å². The molecule has 4 aromatic rings. The number of aliphatic hydroxyl groups excluding tert-OH is 1. The second-order valence-corrected chi connectivity index (χ2v) is 7.87. The van der Waals surface area contributed by atoms with Crippen LogP contribution >= 0.6 is 0 Å². The zero-order valence-corrected chi connectivity index (χ0v) is 18.5. The van der Waals surface area contributed by atoms with E-state index in [0.717, 1.165) is 33.6 Å². The van der Waals surface area contributed by atoms with Crippen molar-refractivity contribution in [3.05, 3.63) is 77.4 Å². The van der Waals surface area contributed by atoms with Gasteiger partial charge in [0.15, 0.2) is 11.5 Å². The summed E-state index contributed by atoms with van der Waals surface area (Å²) in [6, 6.07) is 15.8. The lowest BCUT2D eigenvalue weighted by molar-refractivity contribution is 0.171. The number of benzene rings is 2. The van der Waals surface area contributed by atoms with Gasteiger partial charge in [-0.05, 0) is 34.9 Å². The molecule has 3 heterocycles. The molecule has 0 amide bonds. The van der Waals surface area contributed by atoms with E-state index >= 15 is 0 Å². The Bertz CT molecular complexity index is 1380. The summed E-state index contributed by atoms with van der Waals surface area (Å²) in [4.78, 5) is 13.8. The highest BCUT2D eigenvalue weighted by atomic mass is 16.6. The van der Waals surface area contributed by atoms with Crippen LogP contribution in [0.4, 0.5) is 0 Å². The smallest absolute Gasteiger partial charge is 0.161 e. The highest BCUT2D eigenvalue weighted by molar-refractivity contribution is 5.78. The highest BCUT2D eigenvalue weighted by Crippen LogP contribution is 2.36. The molecule has 8 nitrogen and oxygen atoms in total. The van der Waals surface area contributed by atoms with Crippen molar-refractivity contribution in [2.24, 2.45) is 0 Å². The molecule has 1 aliphatic rings. The fourth-order valence-electron chi connectivity index (χ4n) is 4.06. The molecule has 0 bridgehead atoms. The first-order chi connectivity index (χ1) is 16.8. The maximum atomic E-state index is 10.1. The standard InChI is InChI=1S/C26H23N5O3/c27-14-21-17(2-1-3-20(21)18-4-5-24-25(13-18)34-11-10-33-24)12-23-26-22(6-7-29-23)31-19(16-30-26)15-28-8-9-32/h1-7,13,16,28,32H,8-12,15H2. The number of ether oxygens (including phenoxy) is 2. The van der Waals surface area contributed by atoms with Crippen LogP contribution in [0.5, 0.6) is 11.5 Å². The third-order valence-corrected chi connectivity index (χ3v) is 5.65. The Morgan fingerprint density at radius 1 is 1.06 bits per heavy atom. The van der Waals surface area contributed by atoms with E-state index in [1.165, 1.54) is 0 Å². The molecule has 0 atom stereocenters. The highest BCUT2D eigenvalue weighted by Gasteiger charge is 2.17. The Hall–Kier alpha value is -4.06. The lowest BCUT2D eigenvalue weighted by Gasteiger charge is -2.19. The fourth-order valence-corrected chi connectivity index (χ4v) is 4.06. The SMILES string of the molecule is N#Cc1c(Cc2nccc3nc(CNCCO)cnc23)cccc1-c1ccc2c(c1)OCCO2. The van der Waals surface area contributed by atoms with Crippen molar-refractivity contribution >= 4 is 11.0 Å². The van der Waals surface area contributed by atoms with E-state index in [9.17, 15) is 5.26 Å². The minimum absolute atomic E-state index is 0.0711. The number of nitriles is 1. The van der Waals surface area contributed by atoms with Gasteiger partial charge in [-0.15, -0.1) is 0 Å². The van der Waals surface area contributed by atoms with Gasteiger partial charge in [-0.2, -0.15) is 5.26 Å². The van der Waals surface area contributed by atoms with Gasteiger partial charge in [-0.3, -0.25) is 9.97 Å². The Morgan fingerprint density at radius 2 is 1.94 bits per heavy atom. The number of aliphatic hydroxyl groups is 1. The molecule has 1 aliphatic heterocycles. The molecule has 0 aliphatic carbocycles. The third-order valence-electron chi connectivity index (χ3n) is 5.65. The van der Waals surface area contributed by atoms with Crippen molar-refractivity contribution in [2.45, 2.75) is 13.0 Å². The molecule has 0 fully saturated rings. The molecule has 0 unspecified atom stereocenters. The van der Waals surface area contributed by atoms with Gasteiger partial charge in [0, 0.05) is 25.7 Å². The summed E-state index contributed by atoms with van der Waals surface area (Å²) >= 11 is 0. The quantitative estimate of drug-likeness (QED) is 0.411. The van der Waals surface area contributed by atoms with Crippen LogP contribution in [0.3, 0.4) is 0 Å². The third kappa shape index (κ3) is 4.39.